The van der Waals surface area contributed by atoms with Gasteiger partial charge >= 0.3 is 6.18 Å². The Morgan fingerprint density at radius 2 is 2.07 bits per heavy atom. The Morgan fingerprint density at radius 1 is 1.30 bits per heavy atom. The molecule has 0 spiro atoms. The average Bonchev–Trinajstić information content (AvgIpc) is 3.06. The van der Waals surface area contributed by atoms with Gasteiger partial charge in [0.05, 0.1) is 13.1 Å². The SMILES string of the molecule is CCNC(=NCc1nc(C(F)(F)F)cs1)NCCOc1cccc(F)c1.I. The van der Waals surface area contributed by atoms with Gasteiger partial charge in [0.25, 0.3) is 0 Å². The third kappa shape index (κ3) is 8.28. The Morgan fingerprint density at radius 3 is 2.70 bits per heavy atom. The van der Waals surface area contributed by atoms with Crippen molar-refractivity contribution in [2.24, 2.45) is 4.99 Å². The predicted molar refractivity (Wildman–Crippen MR) is 107 cm³/mol. The minimum atomic E-state index is -4.45. The summed E-state index contributed by atoms with van der Waals surface area (Å²) in [4.78, 5) is 7.73. The Hall–Kier alpha value is -1.63. The van der Waals surface area contributed by atoms with Crippen LogP contribution >= 0.6 is 35.3 Å². The summed E-state index contributed by atoms with van der Waals surface area (Å²) < 4.78 is 56.1. The zero-order valence-electron chi connectivity index (χ0n) is 14.3. The number of nitrogens with zero attached hydrogens (tertiary/aromatic N) is 2. The number of thiazole rings is 1. The highest BCUT2D eigenvalue weighted by Crippen LogP contribution is 2.30. The van der Waals surface area contributed by atoms with Crippen molar-refractivity contribution in [1.82, 2.24) is 15.6 Å². The summed E-state index contributed by atoms with van der Waals surface area (Å²) in [6.07, 6.45) is -4.45. The second kappa shape index (κ2) is 11.3. The first-order valence-corrected chi connectivity index (χ1v) is 8.68. The third-order valence-corrected chi connectivity index (χ3v) is 3.85. The van der Waals surface area contributed by atoms with E-state index in [1.54, 1.807) is 12.1 Å². The number of hydrogen-bond donors (Lipinski definition) is 2. The first-order valence-electron chi connectivity index (χ1n) is 7.80. The number of halogens is 5. The number of aromatic nitrogens is 1. The van der Waals surface area contributed by atoms with Crippen LogP contribution in [0.5, 0.6) is 5.75 Å². The highest BCUT2D eigenvalue weighted by Gasteiger charge is 2.33. The molecular weight excluding hydrogens is 499 g/mol. The van der Waals surface area contributed by atoms with Gasteiger partial charge in [-0.15, -0.1) is 35.3 Å². The standard InChI is InChI=1S/C16H18F4N4OS.HI/c1-2-21-15(22-6-7-25-12-5-3-4-11(17)8-12)23-9-14-24-13(10-26-14)16(18,19)20;/h3-5,8,10H,2,6-7,9H2,1H3,(H2,21,22,23);1H. The number of ether oxygens (including phenoxy) is 1. The predicted octanol–water partition coefficient (Wildman–Crippen LogP) is 4.05. The highest BCUT2D eigenvalue weighted by molar-refractivity contribution is 14.0. The van der Waals surface area contributed by atoms with Gasteiger partial charge in [-0.05, 0) is 19.1 Å². The Labute approximate surface area is 175 Å². The van der Waals surface area contributed by atoms with Crippen molar-refractivity contribution < 1.29 is 22.3 Å². The second-order valence-electron chi connectivity index (χ2n) is 5.05. The van der Waals surface area contributed by atoms with E-state index in [-0.39, 0.29) is 48.0 Å². The van der Waals surface area contributed by atoms with Crippen molar-refractivity contribution in [3.63, 3.8) is 0 Å². The van der Waals surface area contributed by atoms with Gasteiger partial charge < -0.3 is 15.4 Å². The van der Waals surface area contributed by atoms with E-state index in [0.29, 0.717) is 24.8 Å². The van der Waals surface area contributed by atoms with Crippen LogP contribution in [0.3, 0.4) is 0 Å². The molecule has 1 heterocycles. The minimum absolute atomic E-state index is 0. The molecule has 11 heteroatoms. The van der Waals surface area contributed by atoms with Crippen LogP contribution in [0.1, 0.15) is 17.6 Å². The van der Waals surface area contributed by atoms with E-state index in [4.69, 9.17) is 4.74 Å². The maximum atomic E-state index is 13.0. The highest BCUT2D eigenvalue weighted by atomic mass is 127. The van der Waals surface area contributed by atoms with E-state index in [1.807, 2.05) is 6.92 Å². The topological polar surface area (TPSA) is 58.5 Å². The van der Waals surface area contributed by atoms with Crippen molar-refractivity contribution in [1.29, 1.82) is 0 Å². The van der Waals surface area contributed by atoms with Gasteiger partial charge in [-0.2, -0.15) is 13.2 Å². The molecule has 0 aliphatic carbocycles. The van der Waals surface area contributed by atoms with E-state index in [1.165, 1.54) is 12.1 Å². The summed E-state index contributed by atoms with van der Waals surface area (Å²) in [7, 11) is 0. The maximum absolute atomic E-state index is 13.0. The lowest BCUT2D eigenvalue weighted by atomic mass is 10.3. The zero-order chi connectivity index (χ0) is 19.0. The van der Waals surface area contributed by atoms with Crippen molar-refractivity contribution >= 4 is 41.3 Å². The lowest BCUT2D eigenvalue weighted by Crippen LogP contribution is -2.39. The van der Waals surface area contributed by atoms with Crippen LogP contribution in [0, 0.1) is 5.82 Å². The monoisotopic (exact) mass is 518 g/mol. The van der Waals surface area contributed by atoms with E-state index in [0.717, 1.165) is 16.7 Å². The fourth-order valence-electron chi connectivity index (χ4n) is 1.90. The Kier molecular flexibility index (Phi) is 9.77. The van der Waals surface area contributed by atoms with Gasteiger partial charge in [-0.25, -0.2) is 14.4 Å². The zero-order valence-corrected chi connectivity index (χ0v) is 17.5. The van der Waals surface area contributed by atoms with Crippen LogP contribution in [-0.4, -0.2) is 30.6 Å². The molecule has 0 unspecified atom stereocenters. The average molecular weight is 518 g/mol. The maximum Gasteiger partial charge on any atom is 0.434 e. The Balaban J connectivity index is 0.00000364. The molecule has 0 aliphatic rings. The molecule has 5 nitrogen and oxygen atoms in total. The first-order chi connectivity index (χ1) is 12.4. The molecule has 1 aromatic heterocycles. The van der Waals surface area contributed by atoms with Gasteiger partial charge in [0.1, 0.15) is 23.2 Å². The molecule has 150 valence electrons. The van der Waals surface area contributed by atoms with Crippen LogP contribution in [0.15, 0.2) is 34.6 Å². The number of rotatable bonds is 7. The molecule has 0 radical (unpaired) electrons. The van der Waals surface area contributed by atoms with Crippen molar-refractivity contribution in [2.45, 2.75) is 19.6 Å². The summed E-state index contributed by atoms with van der Waals surface area (Å²) in [6, 6.07) is 5.79. The number of aliphatic imine (C=N–C) groups is 1. The van der Waals surface area contributed by atoms with Gasteiger partial charge in [0, 0.05) is 18.0 Å². The lowest BCUT2D eigenvalue weighted by molar-refractivity contribution is -0.140. The molecule has 0 amide bonds. The van der Waals surface area contributed by atoms with E-state index in [2.05, 4.69) is 20.6 Å². The molecule has 2 rings (SSSR count). The van der Waals surface area contributed by atoms with Crippen LogP contribution < -0.4 is 15.4 Å². The molecule has 2 aromatic rings. The quantitative estimate of drug-likeness (QED) is 0.191. The molecule has 27 heavy (non-hydrogen) atoms. The molecule has 0 aliphatic heterocycles. The third-order valence-electron chi connectivity index (χ3n) is 3.02. The minimum Gasteiger partial charge on any atom is -0.492 e. The van der Waals surface area contributed by atoms with Crippen LogP contribution in [0.4, 0.5) is 17.6 Å². The molecule has 0 saturated heterocycles. The normalized spacial score (nSPS) is 11.7. The van der Waals surface area contributed by atoms with Gasteiger partial charge in [0.2, 0.25) is 0 Å². The van der Waals surface area contributed by atoms with Crippen LogP contribution in [0.25, 0.3) is 0 Å². The fourth-order valence-corrected chi connectivity index (χ4v) is 2.62. The van der Waals surface area contributed by atoms with Crippen molar-refractivity contribution in [3.05, 3.63) is 46.2 Å². The largest absolute Gasteiger partial charge is 0.492 e. The second-order valence-corrected chi connectivity index (χ2v) is 5.99. The first kappa shape index (κ1) is 23.4. The summed E-state index contributed by atoms with van der Waals surface area (Å²) in [5.74, 6) is 0.461. The Bertz CT molecular complexity index is 739. The summed E-state index contributed by atoms with van der Waals surface area (Å²) in [6.45, 7) is 3.13. The van der Waals surface area contributed by atoms with E-state index >= 15 is 0 Å². The molecule has 0 atom stereocenters. The number of guanidine groups is 1. The van der Waals surface area contributed by atoms with Crippen LogP contribution in [-0.2, 0) is 12.7 Å². The molecule has 2 N–H and O–H groups in total. The van der Waals surface area contributed by atoms with E-state index in [9.17, 15) is 17.6 Å². The molecule has 0 bridgehead atoms. The molecule has 0 fully saturated rings. The van der Waals surface area contributed by atoms with E-state index < -0.39 is 11.9 Å². The molecular formula is C16H19F4IN4OS. The number of benzene rings is 1. The van der Waals surface area contributed by atoms with Gasteiger partial charge in [-0.3, -0.25) is 0 Å². The molecule has 1 aromatic carbocycles. The summed E-state index contributed by atoms with van der Waals surface area (Å²) in [5.41, 5.74) is -0.908. The van der Waals surface area contributed by atoms with Crippen LogP contribution in [0.2, 0.25) is 0 Å². The fraction of sp³-hybridized carbons (Fsp3) is 0.375. The number of alkyl halides is 3. The number of nitrogens with one attached hydrogen (secondary N) is 2. The van der Waals surface area contributed by atoms with Crippen molar-refractivity contribution in [3.8, 4) is 5.75 Å². The lowest BCUT2D eigenvalue weighted by Gasteiger charge is -2.11. The van der Waals surface area contributed by atoms with Gasteiger partial charge in [-0.1, -0.05) is 6.07 Å². The van der Waals surface area contributed by atoms with Crippen molar-refractivity contribution in [2.75, 3.05) is 19.7 Å². The smallest absolute Gasteiger partial charge is 0.434 e. The summed E-state index contributed by atoms with van der Waals surface area (Å²) >= 11 is 0.910. The number of hydrogen-bond acceptors (Lipinski definition) is 4. The summed E-state index contributed by atoms with van der Waals surface area (Å²) in [5, 5.41) is 7.20. The van der Waals surface area contributed by atoms with Gasteiger partial charge in [0.15, 0.2) is 11.7 Å². The molecule has 0 saturated carbocycles.